The van der Waals surface area contributed by atoms with E-state index in [2.05, 4.69) is 0 Å². The van der Waals surface area contributed by atoms with Crippen LogP contribution in [0.2, 0.25) is 0 Å². The van der Waals surface area contributed by atoms with Gasteiger partial charge in [-0.2, -0.15) is 0 Å². The second kappa shape index (κ2) is 4.79. The number of alkyl halides is 3. The summed E-state index contributed by atoms with van der Waals surface area (Å²) in [6.45, 7) is -1.17. The van der Waals surface area contributed by atoms with Gasteiger partial charge < -0.3 is 30.6 Å². The van der Waals surface area contributed by atoms with Gasteiger partial charge >= 0.3 is 5.97 Å². The average molecular weight is 299 g/mol. The van der Waals surface area contributed by atoms with E-state index in [9.17, 15) is 15.0 Å². The number of aliphatic carboxylic acids is 1. The fraction of sp³-hybridized carbons (Fsp3) is 0.833. The molecule has 0 aliphatic heterocycles. The van der Waals surface area contributed by atoms with Crippen LogP contribution in [0.5, 0.6) is 0 Å². The van der Waals surface area contributed by atoms with E-state index in [4.69, 9.17) is 55.2 Å². The van der Waals surface area contributed by atoms with Gasteiger partial charge in [0.05, 0.1) is 6.61 Å². The summed E-state index contributed by atoms with van der Waals surface area (Å²) in [6, 6.07) is 0. The van der Waals surface area contributed by atoms with E-state index in [1.54, 1.807) is 0 Å². The first kappa shape index (κ1) is 16.1. The fourth-order valence-corrected chi connectivity index (χ4v) is 1.32. The molecule has 0 saturated heterocycles. The minimum Gasteiger partial charge on any atom is -0.478 e. The first-order valence-electron chi connectivity index (χ1n) is 3.69. The second-order valence-corrected chi connectivity index (χ2v) is 4.59. The molecule has 0 aromatic heterocycles. The molecule has 0 aliphatic carbocycles. The van der Waals surface area contributed by atoms with Gasteiger partial charge in [-0.05, 0) is 0 Å². The zero-order chi connectivity index (χ0) is 13.4. The van der Waals surface area contributed by atoms with Crippen molar-refractivity contribution in [2.75, 3.05) is 6.61 Å². The molecule has 7 nitrogen and oxygen atoms in total. The molecule has 0 rings (SSSR count). The molecule has 0 aliphatic rings. The second-order valence-electron chi connectivity index (χ2n) is 2.92. The summed E-state index contributed by atoms with van der Waals surface area (Å²) in [5.41, 5.74) is 0. The molecule has 0 amide bonds. The van der Waals surface area contributed by atoms with Crippen molar-refractivity contribution in [2.24, 2.45) is 0 Å². The van der Waals surface area contributed by atoms with Gasteiger partial charge in [0.2, 0.25) is 10.1 Å². The number of carboxylic acid groups (broad SMARTS) is 1. The van der Waals surface area contributed by atoms with Gasteiger partial charge in [0.15, 0.2) is 0 Å². The summed E-state index contributed by atoms with van der Waals surface area (Å²) in [6.07, 6.45) is -2.25. The number of rotatable bonds is 5. The lowest BCUT2D eigenvalue weighted by Gasteiger charge is -2.41. The minimum absolute atomic E-state index is 1.17. The van der Waals surface area contributed by atoms with Gasteiger partial charge in [-0.1, -0.05) is 34.8 Å². The third kappa shape index (κ3) is 2.36. The predicted octanol–water partition coefficient (Wildman–Crippen LogP) is -1.79. The Kier molecular flexibility index (Phi) is 4.83. The van der Waals surface area contributed by atoms with E-state index in [1.807, 2.05) is 0 Å². The zero-order valence-corrected chi connectivity index (χ0v) is 9.78. The van der Waals surface area contributed by atoms with Crippen molar-refractivity contribution in [1.82, 2.24) is 0 Å². The molecule has 0 fully saturated rings. The van der Waals surface area contributed by atoms with Crippen molar-refractivity contribution in [2.45, 2.75) is 21.3 Å². The number of hydrogen-bond donors (Lipinski definition) is 6. The van der Waals surface area contributed by atoms with Crippen LogP contribution in [0.3, 0.4) is 0 Å². The topological polar surface area (TPSA) is 138 Å². The maximum atomic E-state index is 10.5. The van der Waals surface area contributed by atoms with Gasteiger partial charge in [0.1, 0.15) is 6.10 Å². The molecule has 0 aromatic rings. The highest BCUT2D eigenvalue weighted by Gasteiger charge is 2.67. The standard InChI is InChI=1S/C6H9Cl3O7/c7-4(14,2(11)1-10)6(9,16)5(8,15)3(12)13/h2,10-11,14-16H,1H2,(H,12,13)/t2-,4-,5+,6+/m1/s1. The number of carbonyl (C=O) groups is 1. The molecule has 0 unspecified atom stereocenters. The SMILES string of the molecule is O=C(O)[C@@](O)(Cl)[C@](O)(Cl)[C@@](O)(Cl)[C@H](O)CO. The number of aliphatic hydroxyl groups excluding tert-OH is 2. The van der Waals surface area contributed by atoms with E-state index in [0.29, 0.717) is 0 Å². The molecule has 0 aromatic carbocycles. The molecule has 0 bridgehead atoms. The van der Waals surface area contributed by atoms with Gasteiger partial charge in [0, 0.05) is 0 Å². The van der Waals surface area contributed by atoms with Crippen LogP contribution in [0.15, 0.2) is 0 Å². The highest BCUT2D eigenvalue weighted by Crippen LogP contribution is 2.44. The Bertz CT molecular complexity index is 277. The molecule has 16 heavy (non-hydrogen) atoms. The van der Waals surface area contributed by atoms with Gasteiger partial charge in [-0.25, -0.2) is 4.79 Å². The van der Waals surface area contributed by atoms with Crippen molar-refractivity contribution >= 4 is 40.8 Å². The highest BCUT2D eigenvalue weighted by molar-refractivity contribution is 6.43. The van der Waals surface area contributed by atoms with E-state index >= 15 is 0 Å². The molecule has 10 heteroatoms. The lowest BCUT2D eigenvalue weighted by Crippen LogP contribution is -2.67. The van der Waals surface area contributed by atoms with Crippen LogP contribution in [-0.2, 0) is 4.79 Å². The van der Waals surface area contributed by atoms with E-state index in [0.717, 1.165) is 0 Å². The van der Waals surface area contributed by atoms with E-state index in [1.165, 1.54) is 0 Å². The molecule has 6 N–H and O–H groups in total. The lowest BCUT2D eigenvalue weighted by molar-refractivity contribution is -0.194. The Morgan fingerprint density at radius 3 is 1.81 bits per heavy atom. The molecule has 0 saturated carbocycles. The van der Waals surface area contributed by atoms with Crippen molar-refractivity contribution in [3.05, 3.63) is 0 Å². The number of hydrogen-bond acceptors (Lipinski definition) is 6. The Hall–Kier alpha value is 0.140. The van der Waals surface area contributed by atoms with Crippen LogP contribution < -0.4 is 0 Å². The highest BCUT2D eigenvalue weighted by atomic mass is 35.5. The first-order valence-corrected chi connectivity index (χ1v) is 4.82. The Morgan fingerprint density at radius 2 is 1.56 bits per heavy atom. The maximum Gasteiger partial charge on any atom is 0.356 e. The lowest BCUT2D eigenvalue weighted by atomic mass is 10.0. The fourth-order valence-electron chi connectivity index (χ4n) is 0.716. The van der Waals surface area contributed by atoms with Gasteiger partial charge in [-0.3, -0.25) is 0 Å². The van der Waals surface area contributed by atoms with Crippen LogP contribution in [0.4, 0.5) is 0 Å². The minimum atomic E-state index is -3.58. The molecular formula is C6H9Cl3O7. The zero-order valence-electron chi connectivity index (χ0n) is 7.51. The molecule has 4 atom stereocenters. The van der Waals surface area contributed by atoms with Crippen LogP contribution in [-0.4, -0.2) is 64.5 Å². The Labute approximate surface area is 104 Å². The van der Waals surface area contributed by atoms with Crippen LogP contribution in [0, 0.1) is 0 Å². The summed E-state index contributed by atoms with van der Waals surface area (Å²) < 4.78 is 0. The summed E-state index contributed by atoms with van der Waals surface area (Å²) >= 11 is 15.3. The molecule has 0 heterocycles. The smallest absolute Gasteiger partial charge is 0.356 e. The number of carboxylic acids is 1. The Balaban J connectivity index is 5.42. The van der Waals surface area contributed by atoms with Gasteiger partial charge in [-0.15, -0.1) is 0 Å². The maximum absolute atomic E-state index is 10.5. The quantitative estimate of drug-likeness (QED) is 0.329. The summed E-state index contributed by atoms with van der Waals surface area (Å²) in [5.74, 6) is -2.21. The van der Waals surface area contributed by atoms with Crippen molar-refractivity contribution < 1.29 is 35.4 Å². The van der Waals surface area contributed by atoms with Crippen LogP contribution in [0.1, 0.15) is 0 Å². The molecule has 0 radical (unpaired) electrons. The largest absolute Gasteiger partial charge is 0.478 e. The monoisotopic (exact) mass is 298 g/mol. The summed E-state index contributed by atoms with van der Waals surface area (Å²) in [5, 5.41) is 43.4. The number of aliphatic hydroxyl groups is 5. The van der Waals surface area contributed by atoms with Crippen molar-refractivity contribution in [1.29, 1.82) is 0 Å². The summed E-state index contributed by atoms with van der Waals surface area (Å²) in [7, 11) is 0. The van der Waals surface area contributed by atoms with Crippen LogP contribution >= 0.6 is 34.8 Å². The predicted molar refractivity (Wildman–Crippen MR) is 53.1 cm³/mol. The normalized spacial score (nSPS) is 25.0. The first-order chi connectivity index (χ1) is 6.92. The van der Waals surface area contributed by atoms with Gasteiger partial charge in [0.25, 0.3) is 5.06 Å². The molecule has 96 valence electrons. The third-order valence-corrected chi connectivity index (χ3v) is 3.52. The van der Waals surface area contributed by atoms with Crippen LogP contribution in [0.25, 0.3) is 0 Å². The average Bonchev–Trinajstić information content (AvgIpc) is 2.15. The molecule has 0 spiro atoms. The Morgan fingerprint density at radius 1 is 1.19 bits per heavy atom. The summed E-state index contributed by atoms with van der Waals surface area (Å²) in [4.78, 5) is 10.5. The molecular weight excluding hydrogens is 290 g/mol. The van der Waals surface area contributed by atoms with Crippen molar-refractivity contribution in [3.63, 3.8) is 0 Å². The third-order valence-electron chi connectivity index (χ3n) is 1.80. The van der Waals surface area contributed by atoms with E-state index in [-0.39, 0.29) is 0 Å². The van der Waals surface area contributed by atoms with E-state index < -0.39 is 33.9 Å². The number of halogens is 3. The van der Waals surface area contributed by atoms with Crippen molar-refractivity contribution in [3.8, 4) is 0 Å².